The van der Waals surface area contributed by atoms with Crippen LogP contribution in [0.4, 0.5) is 13.2 Å². The highest BCUT2D eigenvalue weighted by atomic mass is 19.4. The van der Waals surface area contributed by atoms with Gasteiger partial charge in [-0.25, -0.2) is 0 Å². The van der Waals surface area contributed by atoms with Crippen molar-refractivity contribution in [1.29, 1.82) is 0 Å². The number of hydrogen-bond acceptors (Lipinski definition) is 2. The van der Waals surface area contributed by atoms with Crippen molar-refractivity contribution >= 4 is 0 Å². The van der Waals surface area contributed by atoms with Crippen molar-refractivity contribution in [3.8, 4) is 0 Å². The number of benzene rings is 1. The molecule has 112 valence electrons. The highest BCUT2D eigenvalue weighted by Gasteiger charge is 2.35. The predicted octanol–water partition coefficient (Wildman–Crippen LogP) is 3.44. The number of likely N-dealkylation sites (tertiary alicyclic amines) is 1. The van der Waals surface area contributed by atoms with Gasteiger partial charge in [-0.3, -0.25) is 4.90 Å². The molecule has 0 radical (unpaired) electrons. The molecule has 2 rings (SSSR count). The molecule has 0 aliphatic carbocycles. The summed E-state index contributed by atoms with van der Waals surface area (Å²) < 4.78 is 38.4. The van der Waals surface area contributed by atoms with Gasteiger partial charge in [0.05, 0.1) is 5.56 Å². The van der Waals surface area contributed by atoms with Crippen LogP contribution in [0.15, 0.2) is 24.3 Å². The summed E-state index contributed by atoms with van der Waals surface area (Å²) in [4.78, 5) is 2.19. The fourth-order valence-corrected chi connectivity index (χ4v) is 2.84. The molecule has 1 saturated heterocycles. The van der Waals surface area contributed by atoms with E-state index in [2.05, 4.69) is 18.7 Å². The minimum absolute atomic E-state index is 0.140. The molecule has 1 heterocycles. The van der Waals surface area contributed by atoms with Gasteiger partial charge in [0, 0.05) is 19.1 Å². The molecule has 1 atom stereocenters. The number of halogens is 3. The van der Waals surface area contributed by atoms with Crippen LogP contribution in [0, 0.1) is 5.41 Å². The second kappa shape index (κ2) is 5.37. The third-order valence-electron chi connectivity index (χ3n) is 3.97. The largest absolute Gasteiger partial charge is 0.416 e. The van der Waals surface area contributed by atoms with Crippen molar-refractivity contribution in [2.45, 2.75) is 32.5 Å². The average Bonchev–Trinajstić information content (AvgIpc) is 2.70. The van der Waals surface area contributed by atoms with Crippen LogP contribution in [0.5, 0.6) is 0 Å². The summed E-state index contributed by atoms with van der Waals surface area (Å²) in [5.41, 5.74) is 6.06. The monoisotopic (exact) mass is 286 g/mol. The number of alkyl halides is 3. The lowest BCUT2D eigenvalue weighted by Gasteiger charge is -2.29. The fraction of sp³-hybridized carbons (Fsp3) is 0.600. The number of nitrogens with two attached hydrogens (primary N) is 1. The van der Waals surface area contributed by atoms with Gasteiger partial charge in [0.1, 0.15) is 0 Å². The van der Waals surface area contributed by atoms with Gasteiger partial charge in [-0.15, -0.1) is 0 Å². The maximum Gasteiger partial charge on any atom is 0.416 e. The zero-order chi connectivity index (χ0) is 15.0. The molecule has 5 heteroatoms. The lowest BCUT2D eigenvalue weighted by atomic mass is 9.93. The Bertz CT molecular complexity index is 468. The summed E-state index contributed by atoms with van der Waals surface area (Å²) in [5.74, 6) is 0. The zero-order valence-electron chi connectivity index (χ0n) is 11.9. The smallest absolute Gasteiger partial charge is 0.329 e. The number of rotatable bonds is 3. The van der Waals surface area contributed by atoms with E-state index in [4.69, 9.17) is 5.73 Å². The summed E-state index contributed by atoms with van der Waals surface area (Å²) >= 11 is 0. The molecule has 1 aliphatic heterocycles. The highest BCUT2D eigenvalue weighted by Crippen LogP contribution is 2.36. The first kappa shape index (κ1) is 15.3. The first-order chi connectivity index (χ1) is 9.23. The van der Waals surface area contributed by atoms with Crippen molar-refractivity contribution in [2.24, 2.45) is 11.1 Å². The van der Waals surface area contributed by atoms with Gasteiger partial charge in [0.25, 0.3) is 0 Å². The third kappa shape index (κ3) is 3.33. The summed E-state index contributed by atoms with van der Waals surface area (Å²) in [5, 5.41) is 0. The van der Waals surface area contributed by atoms with Gasteiger partial charge in [0.2, 0.25) is 0 Å². The molecule has 2 N–H and O–H groups in total. The van der Waals surface area contributed by atoms with Gasteiger partial charge in [-0.1, -0.05) is 26.0 Å². The molecule has 1 unspecified atom stereocenters. The van der Waals surface area contributed by atoms with Crippen molar-refractivity contribution in [3.63, 3.8) is 0 Å². The Morgan fingerprint density at radius 1 is 1.35 bits per heavy atom. The van der Waals surface area contributed by atoms with Crippen molar-refractivity contribution in [3.05, 3.63) is 35.4 Å². The highest BCUT2D eigenvalue weighted by molar-refractivity contribution is 5.28. The van der Waals surface area contributed by atoms with E-state index in [9.17, 15) is 13.2 Å². The van der Waals surface area contributed by atoms with Crippen LogP contribution in [-0.2, 0) is 6.18 Å². The van der Waals surface area contributed by atoms with E-state index in [1.807, 2.05) is 0 Å². The molecule has 0 saturated carbocycles. The van der Waals surface area contributed by atoms with Crippen molar-refractivity contribution in [1.82, 2.24) is 4.90 Å². The standard InChI is InChI=1S/C15H21F3N2/c1-14(2)6-7-20(10-14)13(9-19)11-4-3-5-12(8-11)15(16,17)18/h3-5,8,13H,6-7,9-10,19H2,1-2H3. The van der Waals surface area contributed by atoms with Gasteiger partial charge < -0.3 is 5.73 Å². The topological polar surface area (TPSA) is 29.3 Å². The Morgan fingerprint density at radius 2 is 2.05 bits per heavy atom. The van der Waals surface area contributed by atoms with Crippen LogP contribution in [-0.4, -0.2) is 24.5 Å². The van der Waals surface area contributed by atoms with E-state index >= 15 is 0 Å². The molecule has 1 aromatic carbocycles. The Kier molecular flexibility index (Phi) is 4.12. The Labute approximate surface area is 117 Å². The van der Waals surface area contributed by atoms with E-state index < -0.39 is 11.7 Å². The van der Waals surface area contributed by atoms with E-state index in [1.54, 1.807) is 6.07 Å². The summed E-state index contributed by atoms with van der Waals surface area (Å²) in [6.45, 7) is 6.42. The Balaban J connectivity index is 2.24. The van der Waals surface area contributed by atoms with Crippen LogP contribution >= 0.6 is 0 Å². The molecule has 0 bridgehead atoms. The average molecular weight is 286 g/mol. The quantitative estimate of drug-likeness (QED) is 0.922. The third-order valence-corrected chi connectivity index (χ3v) is 3.97. The molecule has 2 nitrogen and oxygen atoms in total. The lowest BCUT2D eigenvalue weighted by Crippen LogP contribution is -2.33. The maximum absolute atomic E-state index is 12.8. The molecule has 1 fully saturated rings. The fourth-order valence-electron chi connectivity index (χ4n) is 2.84. The Morgan fingerprint density at radius 3 is 2.55 bits per heavy atom. The van der Waals surface area contributed by atoms with E-state index in [1.165, 1.54) is 12.1 Å². The number of hydrogen-bond donors (Lipinski definition) is 1. The lowest BCUT2D eigenvalue weighted by molar-refractivity contribution is -0.137. The first-order valence-electron chi connectivity index (χ1n) is 6.84. The molecule has 1 aliphatic rings. The summed E-state index contributed by atoms with van der Waals surface area (Å²) in [7, 11) is 0. The molecule has 0 amide bonds. The predicted molar refractivity (Wildman–Crippen MR) is 73.2 cm³/mol. The van der Waals surface area contributed by atoms with Crippen LogP contribution in [0.1, 0.15) is 37.4 Å². The molecular weight excluding hydrogens is 265 g/mol. The maximum atomic E-state index is 12.8. The second-order valence-corrected chi connectivity index (χ2v) is 6.26. The van der Waals surface area contributed by atoms with Crippen molar-refractivity contribution < 1.29 is 13.2 Å². The minimum Gasteiger partial charge on any atom is -0.329 e. The first-order valence-corrected chi connectivity index (χ1v) is 6.84. The van der Waals surface area contributed by atoms with Gasteiger partial charge in [0.15, 0.2) is 0 Å². The molecular formula is C15H21F3N2. The SMILES string of the molecule is CC1(C)CCN(C(CN)c2cccc(C(F)(F)F)c2)C1. The van der Waals surface area contributed by atoms with Crippen LogP contribution in [0.25, 0.3) is 0 Å². The Hall–Kier alpha value is -1.07. The summed E-state index contributed by atoms with van der Waals surface area (Å²) in [6.07, 6.45) is -3.26. The molecule has 0 spiro atoms. The van der Waals surface area contributed by atoms with Crippen LogP contribution in [0.3, 0.4) is 0 Å². The molecule has 0 aromatic heterocycles. The van der Waals surface area contributed by atoms with Gasteiger partial charge in [-0.05, 0) is 36.1 Å². The van der Waals surface area contributed by atoms with Gasteiger partial charge >= 0.3 is 6.18 Å². The summed E-state index contributed by atoms with van der Waals surface area (Å²) in [6, 6.07) is 5.38. The van der Waals surface area contributed by atoms with E-state index in [-0.39, 0.29) is 11.5 Å². The molecule has 1 aromatic rings. The van der Waals surface area contributed by atoms with E-state index in [0.717, 1.165) is 25.6 Å². The number of nitrogens with zero attached hydrogens (tertiary/aromatic N) is 1. The normalized spacial score (nSPS) is 21.1. The zero-order valence-corrected chi connectivity index (χ0v) is 11.9. The van der Waals surface area contributed by atoms with Crippen LogP contribution < -0.4 is 5.73 Å². The van der Waals surface area contributed by atoms with Gasteiger partial charge in [-0.2, -0.15) is 13.2 Å². The van der Waals surface area contributed by atoms with Crippen molar-refractivity contribution in [2.75, 3.05) is 19.6 Å². The van der Waals surface area contributed by atoms with Crippen LogP contribution in [0.2, 0.25) is 0 Å². The second-order valence-electron chi connectivity index (χ2n) is 6.26. The molecule has 20 heavy (non-hydrogen) atoms. The van der Waals surface area contributed by atoms with E-state index in [0.29, 0.717) is 12.1 Å². The minimum atomic E-state index is -4.31.